The number of hydrogen-bond acceptors (Lipinski definition) is 3. The zero-order valence-electron chi connectivity index (χ0n) is 15.5. The number of benzene rings is 2. The molecule has 1 aliphatic rings. The average molecular weight is 425 g/mol. The molecule has 1 unspecified atom stereocenters. The fraction of sp³-hybridized carbons (Fsp3) is 0.350. The molecule has 0 bridgehead atoms. The van der Waals surface area contributed by atoms with Gasteiger partial charge in [-0.1, -0.05) is 41.4 Å². The van der Waals surface area contributed by atoms with Gasteiger partial charge in [-0.25, -0.2) is 8.57 Å². The molecule has 2 aromatic carbocycles. The number of carbonyl (C=O) groups is 1. The molecular weight excluding hydrogens is 403 g/mol. The Morgan fingerprint density at radius 1 is 1.22 bits per heavy atom. The summed E-state index contributed by atoms with van der Waals surface area (Å²) < 4.78 is 16.9. The Hall–Kier alpha value is -1.56. The lowest BCUT2D eigenvalue weighted by Crippen LogP contribution is -2.40. The highest BCUT2D eigenvalue weighted by Crippen LogP contribution is 2.34. The molecule has 0 spiro atoms. The van der Waals surface area contributed by atoms with Crippen molar-refractivity contribution < 1.29 is 9.00 Å². The summed E-state index contributed by atoms with van der Waals surface area (Å²) in [4.78, 5) is 15.6. The van der Waals surface area contributed by atoms with Crippen LogP contribution in [0.2, 0.25) is 10.0 Å². The average Bonchev–Trinajstić information content (AvgIpc) is 2.64. The fourth-order valence-electron chi connectivity index (χ4n) is 3.58. The first kappa shape index (κ1) is 20.2. The second-order valence-corrected chi connectivity index (χ2v) is 9.92. The summed E-state index contributed by atoms with van der Waals surface area (Å²) >= 11 is 12.4. The van der Waals surface area contributed by atoms with E-state index in [0.717, 1.165) is 16.0 Å². The molecule has 4 nitrogen and oxygen atoms in total. The maximum atomic E-state index is 13.0. The Morgan fingerprint density at radius 3 is 2.48 bits per heavy atom. The van der Waals surface area contributed by atoms with Crippen LogP contribution in [0.3, 0.4) is 0 Å². The molecule has 0 aliphatic carbocycles. The van der Waals surface area contributed by atoms with Crippen LogP contribution >= 0.6 is 23.2 Å². The Balaban J connectivity index is 1.92. The summed E-state index contributed by atoms with van der Waals surface area (Å²) in [5.41, 5.74) is 2.72. The third-order valence-corrected chi connectivity index (χ3v) is 7.76. The van der Waals surface area contributed by atoms with Crippen molar-refractivity contribution in [3.63, 3.8) is 0 Å². The molecular formula is C20H22Cl2N2O2S. The van der Waals surface area contributed by atoms with Crippen LogP contribution in [0.1, 0.15) is 29.7 Å². The van der Waals surface area contributed by atoms with Crippen molar-refractivity contribution in [1.82, 2.24) is 4.90 Å². The van der Waals surface area contributed by atoms with Crippen molar-refractivity contribution >= 4 is 38.8 Å². The lowest BCUT2D eigenvalue weighted by Gasteiger charge is -2.36. The van der Waals surface area contributed by atoms with E-state index in [0.29, 0.717) is 28.6 Å². The van der Waals surface area contributed by atoms with E-state index < -0.39 is 9.73 Å². The van der Waals surface area contributed by atoms with Crippen LogP contribution in [-0.4, -0.2) is 34.9 Å². The van der Waals surface area contributed by atoms with Gasteiger partial charge in [0.1, 0.15) is 0 Å². The van der Waals surface area contributed by atoms with Crippen LogP contribution in [-0.2, 0) is 27.4 Å². The summed E-state index contributed by atoms with van der Waals surface area (Å²) in [5, 5.41) is 0.997. The predicted octanol–water partition coefficient (Wildman–Crippen LogP) is 4.77. The molecule has 7 heteroatoms. The van der Waals surface area contributed by atoms with Crippen molar-refractivity contribution in [2.75, 3.05) is 19.8 Å². The number of fused-ring (bicyclic) bond motifs is 1. The summed E-state index contributed by atoms with van der Waals surface area (Å²) in [6.45, 7) is 2.56. The maximum Gasteiger partial charge on any atom is 0.227 e. The molecule has 27 heavy (non-hydrogen) atoms. The number of amides is 1. The minimum atomic E-state index is -2.42. The number of halogens is 2. The second kappa shape index (κ2) is 7.82. The number of carbonyl (C=O) groups excluding carboxylic acids is 1. The van der Waals surface area contributed by atoms with Gasteiger partial charge >= 0.3 is 0 Å². The molecule has 2 aromatic rings. The summed E-state index contributed by atoms with van der Waals surface area (Å²) in [7, 11) is -0.843. The minimum Gasteiger partial charge on any atom is -0.335 e. The molecule has 0 N–H and O–H groups in total. The van der Waals surface area contributed by atoms with E-state index in [1.165, 1.54) is 0 Å². The van der Waals surface area contributed by atoms with E-state index >= 15 is 0 Å². The lowest BCUT2D eigenvalue weighted by atomic mass is 9.93. The first-order valence-electron chi connectivity index (χ1n) is 8.70. The molecule has 0 radical (unpaired) electrons. The Kier molecular flexibility index (Phi) is 5.84. The first-order valence-corrected chi connectivity index (χ1v) is 11.4. The highest BCUT2D eigenvalue weighted by Gasteiger charge is 2.30. The normalized spacial score (nSPS) is 18.6. The monoisotopic (exact) mass is 424 g/mol. The van der Waals surface area contributed by atoms with Crippen LogP contribution in [0.25, 0.3) is 0 Å². The third-order valence-electron chi connectivity index (χ3n) is 5.16. The van der Waals surface area contributed by atoms with Crippen LogP contribution < -0.4 is 0 Å². The van der Waals surface area contributed by atoms with Gasteiger partial charge < -0.3 is 4.90 Å². The first-order chi connectivity index (χ1) is 12.8. The van der Waals surface area contributed by atoms with Gasteiger partial charge in [0, 0.05) is 29.9 Å². The molecule has 1 aliphatic heterocycles. The van der Waals surface area contributed by atoms with Gasteiger partial charge in [0.25, 0.3) is 0 Å². The van der Waals surface area contributed by atoms with Gasteiger partial charge in [-0.15, -0.1) is 0 Å². The van der Waals surface area contributed by atoms with Gasteiger partial charge in [0.2, 0.25) is 5.91 Å². The standard InChI is InChI=1S/C20H22Cl2N2O2S/c1-13-14-6-4-9-19(27(3,26)23-2)15(14)10-11-24(13)20(25)12-16-17(21)7-5-8-18(16)22/h4-9,13H,10-12H2,1-3H3/t13-,27?/m0/s1. The molecule has 0 saturated carbocycles. The molecule has 1 amide bonds. The maximum absolute atomic E-state index is 13.0. The Morgan fingerprint density at radius 2 is 1.85 bits per heavy atom. The number of rotatable bonds is 3. The van der Waals surface area contributed by atoms with Gasteiger partial charge in [-0.05, 0) is 48.2 Å². The van der Waals surface area contributed by atoms with E-state index in [4.69, 9.17) is 23.2 Å². The van der Waals surface area contributed by atoms with Gasteiger partial charge in [0.15, 0.2) is 0 Å². The lowest BCUT2D eigenvalue weighted by molar-refractivity contribution is -0.133. The molecule has 144 valence electrons. The summed E-state index contributed by atoms with van der Waals surface area (Å²) in [5.74, 6) is -0.0223. The Bertz CT molecular complexity index is 993. The van der Waals surface area contributed by atoms with Crippen LogP contribution in [0.4, 0.5) is 0 Å². The van der Waals surface area contributed by atoms with Gasteiger partial charge in [-0.3, -0.25) is 4.79 Å². The summed E-state index contributed by atoms with van der Waals surface area (Å²) in [6, 6.07) is 10.9. The largest absolute Gasteiger partial charge is 0.335 e. The second-order valence-electron chi connectivity index (χ2n) is 6.70. The Labute approximate surface area is 170 Å². The minimum absolute atomic E-state index is 0.0223. The van der Waals surface area contributed by atoms with E-state index in [2.05, 4.69) is 4.36 Å². The van der Waals surface area contributed by atoms with E-state index in [1.54, 1.807) is 31.5 Å². The third kappa shape index (κ3) is 3.86. The SMILES string of the molecule is CN=S(C)(=O)c1cccc2c1CCN(C(=O)Cc1c(Cl)cccc1Cl)[C@H]2C. The zero-order valence-corrected chi connectivity index (χ0v) is 17.9. The molecule has 3 rings (SSSR count). The van der Waals surface area contributed by atoms with Crippen molar-refractivity contribution in [3.05, 3.63) is 63.1 Å². The van der Waals surface area contributed by atoms with Crippen molar-refractivity contribution in [2.45, 2.75) is 30.7 Å². The van der Waals surface area contributed by atoms with Crippen LogP contribution in [0, 0.1) is 0 Å². The smallest absolute Gasteiger partial charge is 0.227 e. The van der Waals surface area contributed by atoms with Gasteiger partial charge in [-0.2, -0.15) is 0 Å². The quantitative estimate of drug-likeness (QED) is 0.712. The van der Waals surface area contributed by atoms with E-state index in [-0.39, 0.29) is 18.4 Å². The van der Waals surface area contributed by atoms with E-state index in [1.807, 2.05) is 30.0 Å². The molecule has 0 saturated heterocycles. The molecule has 1 heterocycles. The fourth-order valence-corrected chi connectivity index (χ4v) is 5.32. The van der Waals surface area contributed by atoms with Crippen molar-refractivity contribution in [1.29, 1.82) is 0 Å². The highest BCUT2D eigenvalue weighted by molar-refractivity contribution is 7.93. The van der Waals surface area contributed by atoms with E-state index in [9.17, 15) is 9.00 Å². The highest BCUT2D eigenvalue weighted by atomic mass is 35.5. The predicted molar refractivity (Wildman–Crippen MR) is 111 cm³/mol. The van der Waals surface area contributed by atoms with Crippen molar-refractivity contribution in [3.8, 4) is 0 Å². The zero-order chi connectivity index (χ0) is 19.8. The topological polar surface area (TPSA) is 49.7 Å². The number of hydrogen-bond donors (Lipinski definition) is 0. The summed E-state index contributed by atoms with van der Waals surface area (Å²) in [6.07, 6.45) is 2.47. The van der Waals surface area contributed by atoms with Crippen molar-refractivity contribution in [2.24, 2.45) is 4.36 Å². The van der Waals surface area contributed by atoms with Crippen LogP contribution in [0.5, 0.6) is 0 Å². The molecule has 0 fully saturated rings. The molecule has 0 aromatic heterocycles. The van der Waals surface area contributed by atoms with Crippen LogP contribution in [0.15, 0.2) is 45.7 Å². The number of nitrogens with zero attached hydrogens (tertiary/aromatic N) is 2. The van der Waals surface area contributed by atoms with Gasteiger partial charge in [0.05, 0.1) is 27.1 Å². The molecule has 2 atom stereocenters.